The molecule has 3 atom stereocenters. The van der Waals surface area contributed by atoms with Crippen LogP contribution in [0.3, 0.4) is 0 Å². The Bertz CT molecular complexity index is 1210. The number of rotatable bonds is 2. The molecular formula is C22H23N5O. The van der Waals surface area contributed by atoms with Crippen molar-refractivity contribution in [3.63, 3.8) is 0 Å². The van der Waals surface area contributed by atoms with Gasteiger partial charge in [0.25, 0.3) is 5.56 Å². The lowest BCUT2D eigenvalue weighted by atomic mass is 9.78. The molecule has 1 aliphatic carbocycles. The third-order valence-electron chi connectivity index (χ3n) is 6.40. The summed E-state index contributed by atoms with van der Waals surface area (Å²) >= 11 is 0. The molecule has 0 unspecified atom stereocenters. The SMILES string of the molecule is C[C@H]1[C@H](C)CCC[C@@H]1n1ccc2c(nnc3c(-c4ccccc4)cnn32)c1=O. The number of benzene rings is 1. The van der Waals surface area contributed by atoms with Gasteiger partial charge in [-0.3, -0.25) is 4.79 Å². The number of hydrogen-bond acceptors (Lipinski definition) is 4. The Morgan fingerprint density at radius 1 is 1.04 bits per heavy atom. The van der Waals surface area contributed by atoms with Crippen molar-refractivity contribution in [2.75, 3.05) is 0 Å². The topological polar surface area (TPSA) is 65.1 Å². The largest absolute Gasteiger partial charge is 0.310 e. The molecule has 0 saturated heterocycles. The highest BCUT2D eigenvalue weighted by Crippen LogP contribution is 2.37. The first-order valence-electron chi connectivity index (χ1n) is 9.96. The van der Waals surface area contributed by atoms with E-state index < -0.39 is 0 Å². The molecule has 1 fully saturated rings. The third kappa shape index (κ3) is 2.55. The predicted octanol–water partition coefficient (Wildman–Crippen LogP) is 4.10. The van der Waals surface area contributed by atoms with E-state index in [2.05, 4.69) is 29.1 Å². The van der Waals surface area contributed by atoms with Crippen molar-refractivity contribution in [2.45, 2.75) is 39.2 Å². The standard InChI is InChI=1S/C22H23N5O/c1-14-7-6-10-18(15(14)2)26-12-11-19-20(22(26)28)24-25-21-17(13-23-27(19)21)16-8-4-3-5-9-16/h3-5,8-9,11-15,18H,6-7,10H2,1-2H3/t14-,15+,18+/m1/s1. The molecule has 1 saturated carbocycles. The molecule has 1 aromatic carbocycles. The minimum atomic E-state index is -0.0744. The minimum absolute atomic E-state index is 0.0744. The monoisotopic (exact) mass is 373 g/mol. The van der Waals surface area contributed by atoms with Crippen LogP contribution in [-0.2, 0) is 0 Å². The molecule has 5 rings (SSSR count). The maximum absolute atomic E-state index is 13.2. The molecule has 0 amide bonds. The minimum Gasteiger partial charge on any atom is -0.310 e. The summed E-state index contributed by atoms with van der Waals surface area (Å²) in [7, 11) is 0. The van der Waals surface area contributed by atoms with Gasteiger partial charge in [-0.2, -0.15) is 5.10 Å². The lowest BCUT2D eigenvalue weighted by Crippen LogP contribution is -2.34. The highest BCUT2D eigenvalue weighted by molar-refractivity contribution is 5.82. The quantitative estimate of drug-likeness (QED) is 0.530. The summed E-state index contributed by atoms with van der Waals surface area (Å²) in [6.07, 6.45) is 7.12. The van der Waals surface area contributed by atoms with E-state index in [0.29, 0.717) is 28.5 Å². The van der Waals surface area contributed by atoms with Crippen molar-refractivity contribution in [3.05, 3.63) is 59.1 Å². The first-order chi connectivity index (χ1) is 13.6. The number of hydrogen-bond donors (Lipinski definition) is 0. The second kappa shape index (κ2) is 6.55. The maximum atomic E-state index is 13.2. The summed E-state index contributed by atoms with van der Waals surface area (Å²) in [4.78, 5) is 13.2. The molecule has 3 aromatic heterocycles. The van der Waals surface area contributed by atoms with E-state index in [0.717, 1.165) is 24.0 Å². The van der Waals surface area contributed by atoms with Crippen LogP contribution in [0.15, 0.2) is 53.6 Å². The van der Waals surface area contributed by atoms with Gasteiger partial charge in [0.1, 0.15) is 5.52 Å². The van der Waals surface area contributed by atoms with Gasteiger partial charge in [0, 0.05) is 17.8 Å². The third-order valence-corrected chi connectivity index (χ3v) is 6.40. The molecular weight excluding hydrogens is 350 g/mol. The van der Waals surface area contributed by atoms with E-state index in [9.17, 15) is 4.79 Å². The Hall–Kier alpha value is -3.02. The average molecular weight is 373 g/mol. The molecule has 1 aliphatic rings. The summed E-state index contributed by atoms with van der Waals surface area (Å²) in [5.74, 6) is 1.09. The molecule has 6 nitrogen and oxygen atoms in total. The fraction of sp³-hybridized carbons (Fsp3) is 0.364. The van der Waals surface area contributed by atoms with Crippen LogP contribution in [-0.4, -0.2) is 24.4 Å². The number of nitrogens with zero attached hydrogens (tertiary/aromatic N) is 5. The zero-order valence-corrected chi connectivity index (χ0v) is 16.1. The van der Waals surface area contributed by atoms with Gasteiger partial charge in [-0.1, -0.05) is 57.0 Å². The van der Waals surface area contributed by atoms with Crippen molar-refractivity contribution in [1.82, 2.24) is 24.4 Å². The van der Waals surface area contributed by atoms with Crippen LogP contribution in [0.4, 0.5) is 0 Å². The summed E-state index contributed by atoms with van der Waals surface area (Å²) in [6, 6.07) is 12.2. The van der Waals surface area contributed by atoms with Gasteiger partial charge >= 0.3 is 0 Å². The molecule has 0 aliphatic heterocycles. The highest BCUT2D eigenvalue weighted by Gasteiger charge is 2.29. The Balaban J connectivity index is 1.67. The summed E-state index contributed by atoms with van der Waals surface area (Å²) in [6.45, 7) is 4.53. The van der Waals surface area contributed by atoms with Crippen molar-refractivity contribution >= 4 is 16.7 Å². The van der Waals surface area contributed by atoms with Gasteiger partial charge in [-0.05, 0) is 29.9 Å². The molecule has 6 heteroatoms. The molecule has 0 radical (unpaired) electrons. The van der Waals surface area contributed by atoms with E-state index in [1.54, 1.807) is 10.7 Å². The van der Waals surface area contributed by atoms with E-state index in [1.165, 1.54) is 6.42 Å². The zero-order valence-electron chi connectivity index (χ0n) is 16.1. The van der Waals surface area contributed by atoms with E-state index >= 15 is 0 Å². The van der Waals surface area contributed by atoms with Crippen molar-refractivity contribution in [3.8, 4) is 11.1 Å². The second-order valence-electron chi connectivity index (χ2n) is 7.96. The van der Waals surface area contributed by atoms with Crippen LogP contribution in [0.25, 0.3) is 27.8 Å². The number of aromatic nitrogens is 5. The van der Waals surface area contributed by atoms with Crippen LogP contribution < -0.4 is 5.56 Å². The molecule has 0 N–H and O–H groups in total. The van der Waals surface area contributed by atoms with E-state index in [4.69, 9.17) is 0 Å². The lowest BCUT2D eigenvalue weighted by molar-refractivity contribution is 0.183. The van der Waals surface area contributed by atoms with Gasteiger partial charge in [0.05, 0.1) is 6.20 Å². The molecule has 142 valence electrons. The first-order valence-corrected chi connectivity index (χ1v) is 9.96. The average Bonchev–Trinajstić information content (AvgIpc) is 3.16. The van der Waals surface area contributed by atoms with Crippen LogP contribution in [0.1, 0.15) is 39.2 Å². The van der Waals surface area contributed by atoms with Gasteiger partial charge in [0.2, 0.25) is 0 Å². The second-order valence-corrected chi connectivity index (χ2v) is 7.96. The van der Waals surface area contributed by atoms with E-state index in [1.807, 2.05) is 47.2 Å². The molecule has 0 bridgehead atoms. The van der Waals surface area contributed by atoms with Gasteiger partial charge in [0.15, 0.2) is 11.2 Å². The molecule has 0 spiro atoms. The van der Waals surface area contributed by atoms with Crippen molar-refractivity contribution in [2.24, 2.45) is 11.8 Å². The fourth-order valence-electron chi connectivity index (χ4n) is 4.54. The van der Waals surface area contributed by atoms with Crippen LogP contribution >= 0.6 is 0 Å². The smallest absolute Gasteiger partial charge is 0.280 e. The Kier molecular flexibility index (Phi) is 4.00. The van der Waals surface area contributed by atoms with Gasteiger partial charge in [-0.15, -0.1) is 10.2 Å². The Labute approximate surface area is 162 Å². The molecule has 28 heavy (non-hydrogen) atoms. The number of pyridine rings is 1. The summed E-state index contributed by atoms with van der Waals surface area (Å²) in [5, 5.41) is 13.2. The van der Waals surface area contributed by atoms with Crippen molar-refractivity contribution < 1.29 is 0 Å². The van der Waals surface area contributed by atoms with E-state index in [-0.39, 0.29) is 11.6 Å². The fourth-order valence-corrected chi connectivity index (χ4v) is 4.54. The van der Waals surface area contributed by atoms with Gasteiger partial charge in [-0.25, -0.2) is 4.52 Å². The van der Waals surface area contributed by atoms with Crippen LogP contribution in [0.2, 0.25) is 0 Å². The summed E-state index contributed by atoms with van der Waals surface area (Å²) in [5.41, 5.74) is 3.61. The van der Waals surface area contributed by atoms with Crippen molar-refractivity contribution in [1.29, 1.82) is 0 Å². The number of fused-ring (bicyclic) bond motifs is 3. The highest BCUT2D eigenvalue weighted by atomic mass is 16.1. The summed E-state index contributed by atoms with van der Waals surface area (Å²) < 4.78 is 3.59. The first kappa shape index (κ1) is 17.1. The maximum Gasteiger partial charge on any atom is 0.280 e. The van der Waals surface area contributed by atoms with Gasteiger partial charge < -0.3 is 4.57 Å². The zero-order chi connectivity index (χ0) is 19.3. The Morgan fingerprint density at radius 2 is 1.86 bits per heavy atom. The lowest BCUT2D eigenvalue weighted by Gasteiger charge is -2.35. The predicted molar refractivity (Wildman–Crippen MR) is 109 cm³/mol. The molecule has 3 heterocycles. The Morgan fingerprint density at radius 3 is 2.68 bits per heavy atom. The molecule has 4 aromatic rings. The normalized spacial score (nSPS) is 22.7. The van der Waals surface area contributed by atoms with Crippen LogP contribution in [0, 0.1) is 11.8 Å². The van der Waals surface area contributed by atoms with Crippen LogP contribution in [0.5, 0.6) is 0 Å².